The van der Waals surface area contributed by atoms with Crippen LogP contribution >= 0.6 is 0 Å². The Balaban J connectivity index is 1.95. The summed E-state index contributed by atoms with van der Waals surface area (Å²) in [5, 5.41) is 8.25. The molecule has 2 rings (SSSR count). The van der Waals surface area contributed by atoms with Crippen molar-refractivity contribution < 1.29 is 19.2 Å². The average Bonchev–Trinajstić information content (AvgIpc) is 2.72. The average molecular weight is 425 g/mol. The molecular formula is C23H28N4O4. The van der Waals surface area contributed by atoms with Crippen LogP contribution in [0.25, 0.3) is 0 Å². The van der Waals surface area contributed by atoms with E-state index in [4.69, 9.17) is 0 Å². The Kier molecular flexibility index (Phi) is 8.45. The maximum Gasteiger partial charge on any atom is 0.241 e. The number of Topliss-reactive ketones (excluding diaryl/α,β-unsaturated/α-hetero) is 1. The number of carbonyl (C=O) groups is 4. The molecule has 8 heteroatoms. The van der Waals surface area contributed by atoms with Gasteiger partial charge in [-0.25, -0.2) is 0 Å². The summed E-state index contributed by atoms with van der Waals surface area (Å²) in [5.41, 5.74) is 2.28. The summed E-state index contributed by atoms with van der Waals surface area (Å²) in [7, 11) is 0. The third-order valence-electron chi connectivity index (χ3n) is 4.71. The zero-order valence-corrected chi connectivity index (χ0v) is 18.2. The summed E-state index contributed by atoms with van der Waals surface area (Å²) in [5.74, 6) is -0.779. The van der Waals surface area contributed by atoms with Gasteiger partial charge in [0, 0.05) is 29.5 Å². The lowest BCUT2D eigenvalue weighted by Crippen LogP contribution is -2.45. The fourth-order valence-electron chi connectivity index (χ4n) is 2.98. The van der Waals surface area contributed by atoms with E-state index in [0.717, 1.165) is 0 Å². The van der Waals surface area contributed by atoms with E-state index in [1.165, 1.54) is 13.8 Å². The topological polar surface area (TPSA) is 108 Å². The SMILES string of the molecule is CCN(CC(=O)Nc1ccc(NC(C)=O)cc1)[C@@H](C)C(=O)Nc1cccc(C(C)=O)c1. The number of nitrogens with one attached hydrogen (secondary N) is 3. The molecule has 0 unspecified atom stereocenters. The Hall–Kier alpha value is -3.52. The molecule has 0 aliphatic rings. The molecule has 3 N–H and O–H groups in total. The second kappa shape index (κ2) is 11.0. The maximum atomic E-state index is 12.7. The van der Waals surface area contributed by atoms with Gasteiger partial charge in [-0.15, -0.1) is 0 Å². The van der Waals surface area contributed by atoms with E-state index >= 15 is 0 Å². The van der Waals surface area contributed by atoms with Crippen LogP contribution in [-0.2, 0) is 14.4 Å². The first-order valence-electron chi connectivity index (χ1n) is 10.0. The van der Waals surface area contributed by atoms with Crippen molar-refractivity contribution in [2.75, 3.05) is 29.0 Å². The van der Waals surface area contributed by atoms with Crippen molar-refractivity contribution in [3.63, 3.8) is 0 Å². The molecule has 164 valence electrons. The number of amides is 3. The molecule has 0 radical (unpaired) electrons. The van der Waals surface area contributed by atoms with Crippen molar-refractivity contribution in [3.8, 4) is 0 Å². The Morgan fingerprint density at radius 3 is 2.03 bits per heavy atom. The van der Waals surface area contributed by atoms with Gasteiger partial charge in [-0.2, -0.15) is 0 Å². The van der Waals surface area contributed by atoms with Crippen LogP contribution in [0.3, 0.4) is 0 Å². The summed E-state index contributed by atoms with van der Waals surface area (Å²) in [6, 6.07) is 12.9. The lowest BCUT2D eigenvalue weighted by atomic mass is 10.1. The molecule has 8 nitrogen and oxygen atoms in total. The van der Waals surface area contributed by atoms with E-state index < -0.39 is 6.04 Å². The third-order valence-corrected chi connectivity index (χ3v) is 4.71. The lowest BCUT2D eigenvalue weighted by molar-refractivity contribution is -0.123. The van der Waals surface area contributed by atoms with Gasteiger partial charge in [-0.1, -0.05) is 19.1 Å². The van der Waals surface area contributed by atoms with E-state index in [2.05, 4.69) is 16.0 Å². The molecule has 3 amide bonds. The standard InChI is InChI=1S/C23H28N4O4/c1-5-27(14-22(30)25-20-11-9-19(10-12-20)24-17(4)29)15(2)23(31)26-21-8-6-7-18(13-21)16(3)28/h6-13,15H,5,14H2,1-4H3,(H,24,29)(H,25,30)(H,26,31)/t15-/m0/s1. The van der Waals surface area contributed by atoms with E-state index in [-0.39, 0.29) is 30.0 Å². The smallest absolute Gasteiger partial charge is 0.241 e. The molecule has 0 saturated carbocycles. The first-order chi connectivity index (χ1) is 14.7. The lowest BCUT2D eigenvalue weighted by Gasteiger charge is -2.26. The molecule has 0 aliphatic carbocycles. The fraction of sp³-hybridized carbons (Fsp3) is 0.304. The van der Waals surface area contributed by atoms with Crippen molar-refractivity contribution in [1.29, 1.82) is 0 Å². The minimum atomic E-state index is -0.557. The van der Waals surface area contributed by atoms with E-state index in [1.807, 2.05) is 6.92 Å². The molecule has 0 heterocycles. The van der Waals surface area contributed by atoms with Crippen molar-refractivity contribution in [2.24, 2.45) is 0 Å². The minimum absolute atomic E-state index is 0.0337. The molecule has 31 heavy (non-hydrogen) atoms. The van der Waals surface area contributed by atoms with Crippen molar-refractivity contribution in [3.05, 3.63) is 54.1 Å². The van der Waals surface area contributed by atoms with Gasteiger partial charge in [0.25, 0.3) is 0 Å². The molecule has 2 aromatic carbocycles. The molecule has 1 atom stereocenters. The number of carbonyl (C=O) groups excluding carboxylic acids is 4. The molecule has 0 fully saturated rings. The van der Waals surface area contributed by atoms with Gasteiger partial charge in [0.05, 0.1) is 12.6 Å². The van der Waals surface area contributed by atoms with E-state index in [1.54, 1.807) is 60.4 Å². The van der Waals surface area contributed by atoms with Crippen molar-refractivity contribution in [2.45, 2.75) is 33.7 Å². The fourth-order valence-corrected chi connectivity index (χ4v) is 2.98. The van der Waals surface area contributed by atoms with Crippen LogP contribution in [0.15, 0.2) is 48.5 Å². The summed E-state index contributed by atoms with van der Waals surface area (Å²) < 4.78 is 0. The Bertz CT molecular complexity index is 956. The monoisotopic (exact) mass is 424 g/mol. The van der Waals surface area contributed by atoms with Crippen LogP contribution in [0.2, 0.25) is 0 Å². The van der Waals surface area contributed by atoms with Crippen molar-refractivity contribution in [1.82, 2.24) is 4.90 Å². The number of anilines is 3. The molecule has 0 spiro atoms. The Labute approximate surface area is 182 Å². The Morgan fingerprint density at radius 2 is 1.48 bits per heavy atom. The van der Waals surface area contributed by atoms with Gasteiger partial charge < -0.3 is 16.0 Å². The molecule has 0 saturated heterocycles. The summed E-state index contributed by atoms with van der Waals surface area (Å²) in [6.07, 6.45) is 0. The number of likely N-dealkylation sites (N-methyl/N-ethyl adjacent to an activating group) is 1. The van der Waals surface area contributed by atoms with Gasteiger partial charge in [-0.05, 0) is 56.8 Å². The first kappa shape index (κ1) is 23.8. The van der Waals surface area contributed by atoms with Gasteiger partial charge in [0.1, 0.15) is 0 Å². The minimum Gasteiger partial charge on any atom is -0.326 e. The number of rotatable bonds is 9. The molecule has 2 aromatic rings. The zero-order chi connectivity index (χ0) is 23.0. The van der Waals surface area contributed by atoms with Gasteiger partial charge >= 0.3 is 0 Å². The summed E-state index contributed by atoms with van der Waals surface area (Å²) >= 11 is 0. The van der Waals surface area contributed by atoms with Gasteiger partial charge in [0.15, 0.2) is 5.78 Å². The number of benzene rings is 2. The zero-order valence-electron chi connectivity index (χ0n) is 18.2. The second-order valence-electron chi connectivity index (χ2n) is 7.17. The maximum absolute atomic E-state index is 12.7. The van der Waals surface area contributed by atoms with Crippen LogP contribution < -0.4 is 16.0 Å². The largest absolute Gasteiger partial charge is 0.326 e. The van der Waals surface area contributed by atoms with Crippen LogP contribution in [-0.4, -0.2) is 47.5 Å². The summed E-state index contributed by atoms with van der Waals surface area (Å²) in [4.78, 5) is 49.5. The highest BCUT2D eigenvalue weighted by Gasteiger charge is 2.22. The molecule has 0 bridgehead atoms. The highest BCUT2D eigenvalue weighted by atomic mass is 16.2. The highest BCUT2D eigenvalue weighted by Crippen LogP contribution is 2.15. The van der Waals surface area contributed by atoms with E-state index in [9.17, 15) is 19.2 Å². The number of hydrogen-bond donors (Lipinski definition) is 3. The van der Waals surface area contributed by atoms with Gasteiger partial charge in [0.2, 0.25) is 17.7 Å². The molecule has 0 aliphatic heterocycles. The Morgan fingerprint density at radius 1 is 0.871 bits per heavy atom. The number of nitrogens with zero attached hydrogens (tertiary/aromatic N) is 1. The predicted octanol–water partition coefficient (Wildman–Crippen LogP) is 3.14. The molecule has 0 aromatic heterocycles. The third kappa shape index (κ3) is 7.35. The van der Waals surface area contributed by atoms with E-state index in [0.29, 0.717) is 29.2 Å². The van der Waals surface area contributed by atoms with Crippen LogP contribution in [0.4, 0.5) is 17.1 Å². The number of hydrogen-bond acceptors (Lipinski definition) is 5. The van der Waals surface area contributed by atoms with Gasteiger partial charge in [-0.3, -0.25) is 24.1 Å². The normalized spacial score (nSPS) is 11.5. The number of ketones is 1. The summed E-state index contributed by atoms with van der Waals surface area (Å²) in [6.45, 7) is 7.02. The molecular weight excluding hydrogens is 396 g/mol. The van der Waals surface area contributed by atoms with Crippen LogP contribution in [0, 0.1) is 0 Å². The first-order valence-corrected chi connectivity index (χ1v) is 10.0. The highest BCUT2D eigenvalue weighted by molar-refractivity contribution is 5.99. The quantitative estimate of drug-likeness (QED) is 0.536. The second-order valence-corrected chi connectivity index (χ2v) is 7.17. The predicted molar refractivity (Wildman–Crippen MR) is 121 cm³/mol. The van der Waals surface area contributed by atoms with Crippen molar-refractivity contribution >= 4 is 40.6 Å². The van der Waals surface area contributed by atoms with Crippen LogP contribution in [0.1, 0.15) is 38.1 Å². The van der Waals surface area contributed by atoms with Crippen LogP contribution in [0.5, 0.6) is 0 Å².